The molecule has 1 unspecified atom stereocenters. The smallest absolute Gasteiger partial charge is 0.418 e. The van der Waals surface area contributed by atoms with Crippen molar-refractivity contribution in [2.75, 3.05) is 64.1 Å². The Labute approximate surface area is 313 Å². The van der Waals surface area contributed by atoms with E-state index in [1.54, 1.807) is 0 Å². The lowest BCUT2D eigenvalue weighted by Gasteiger charge is -2.33. The molecule has 5 heterocycles. The first kappa shape index (κ1) is 40.4. The molecule has 12 nitrogen and oxygen atoms in total. The molecule has 0 spiro atoms. The molecule has 0 aliphatic carbocycles. The van der Waals surface area contributed by atoms with E-state index in [2.05, 4.69) is 16.5 Å². The third-order valence-electron chi connectivity index (χ3n) is 9.72. The van der Waals surface area contributed by atoms with Crippen molar-refractivity contribution < 1.29 is 41.1 Å². The van der Waals surface area contributed by atoms with Crippen LogP contribution in [-0.4, -0.2) is 90.6 Å². The Morgan fingerprint density at radius 3 is 2.49 bits per heavy atom. The van der Waals surface area contributed by atoms with Gasteiger partial charge in [-0.05, 0) is 69.5 Å². The highest BCUT2D eigenvalue weighted by atomic mass is 35.5. The van der Waals surface area contributed by atoms with Crippen molar-refractivity contribution >= 4 is 46.3 Å². The summed E-state index contributed by atoms with van der Waals surface area (Å²) < 4.78 is 75.4. The molecule has 0 radical (unpaired) electrons. The maximum atomic E-state index is 14.2. The van der Waals surface area contributed by atoms with Gasteiger partial charge in [-0.1, -0.05) is 23.2 Å². The van der Waals surface area contributed by atoms with E-state index in [4.69, 9.17) is 58.9 Å². The molecule has 19 heteroatoms. The number of amides is 1. The number of halogens is 7. The second-order valence-corrected chi connectivity index (χ2v) is 13.9. The molecule has 290 valence electrons. The fraction of sp³-hybridized carbons (Fsp3) is 0.529. The molecule has 6 rings (SSSR count). The molecule has 1 aromatic heterocycles. The summed E-state index contributed by atoms with van der Waals surface area (Å²) in [6.07, 6.45) is -2.83. The van der Waals surface area contributed by atoms with Crippen LogP contribution in [0.1, 0.15) is 60.6 Å². The summed E-state index contributed by atoms with van der Waals surface area (Å²) >= 11 is 12.7. The van der Waals surface area contributed by atoms with E-state index in [0.29, 0.717) is 48.9 Å². The number of nitrogens with two attached hydrogens (primary N) is 2. The van der Waals surface area contributed by atoms with Gasteiger partial charge in [0, 0.05) is 37.8 Å². The monoisotopic (exact) mass is 790 g/mol. The number of nitrogen functional groups attached to an aromatic ring is 1. The van der Waals surface area contributed by atoms with Gasteiger partial charge >= 0.3 is 12.2 Å². The summed E-state index contributed by atoms with van der Waals surface area (Å²) in [6, 6.07) is 2.44. The van der Waals surface area contributed by atoms with E-state index in [-0.39, 0.29) is 53.1 Å². The zero-order chi connectivity index (χ0) is 38.7. The topological polar surface area (TPSA) is 145 Å². The quantitative estimate of drug-likeness (QED) is 0.141. The molecular formula is C34H41Cl2F5N8O4. The summed E-state index contributed by atoms with van der Waals surface area (Å²) in [7, 11) is 2.74. The summed E-state index contributed by atoms with van der Waals surface area (Å²) in [6.45, 7) is 5.59. The van der Waals surface area contributed by atoms with Crippen LogP contribution >= 0.6 is 23.2 Å². The number of benzene rings is 1. The fourth-order valence-electron chi connectivity index (χ4n) is 7.23. The van der Waals surface area contributed by atoms with Crippen LogP contribution in [0.3, 0.4) is 0 Å². The van der Waals surface area contributed by atoms with Gasteiger partial charge in [-0.2, -0.15) is 31.9 Å². The highest BCUT2D eigenvalue weighted by Gasteiger charge is 2.45. The van der Waals surface area contributed by atoms with Crippen molar-refractivity contribution in [3.63, 3.8) is 0 Å². The van der Waals surface area contributed by atoms with Crippen LogP contribution in [-0.2, 0) is 33.6 Å². The number of nitrogens with zero attached hydrogens (tertiary/aromatic N) is 6. The number of aliphatic imine (C=N–C) groups is 1. The number of ether oxygens (including phenoxy) is 2. The highest BCUT2D eigenvalue weighted by molar-refractivity contribution is 6.45. The number of carbonyl (C=O) groups excluding carboxylic acids is 1. The van der Waals surface area contributed by atoms with Crippen molar-refractivity contribution in [1.29, 1.82) is 0 Å². The van der Waals surface area contributed by atoms with Gasteiger partial charge in [0.1, 0.15) is 18.1 Å². The Kier molecular flexibility index (Phi) is 12.7. The zero-order valence-electron chi connectivity index (χ0n) is 29.2. The number of carbonyl (C=O) groups is 1. The van der Waals surface area contributed by atoms with Crippen molar-refractivity contribution in [1.82, 2.24) is 19.9 Å². The second-order valence-electron chi connectivity index (χ2n) is 13.1. The van der Waals surface area contributed by atoms with E-state index in [0.717, 1.165) is 49.9 Å². The van der Waals surface area contributed by atoms with Crippen LogP contribution in [0.4, 0.5) is 33.5 Å². The molecule has 2 fully saturated rings. The molecule has 2 aromatic rings. The summed E-state index contributed by atoms with van der Waals surface area (Å²) in [4.78, 5) is 36.2. The predicted octanol–water partition coefficient (Wildman–Crippen LogP) is 6.03. The van der Waals surface area contributed by atoms with Crippen LogP contribution in [0, 0.1) is 0 Å². The summed E-state index contributed by atoms with van der Waals surface area (Å²) in [5.41, 5.74) is 12.1. The van der Waals surface area contributed by atoms with Gasteiger partial charge in [0.15, 0.2) is 0 Å². The minimum Gasteiger partial charge on any atom is -0.461 e. The van der Waals surface area contributed by atoms with Crippen molar-refractivity contribution in [3.8, 4) is 6.01 Å². The highest BCUT2D eigenvalue weighted by Crippen LogP contribution is 2.45. The number of hydrogen-bond donors (Lipinski definition) is 2. The van der Waals surface area contributed by atoms with Crippen LogP contribution in [0.25, 0.3) is 0 Å². The maximum absolute atomic E-state index is 14.2. The van der Waals surface area contributed by atoms with Crippen LogP contribution in [0.5, 0.6) is 6.01 Å². The van der Waals surface area contributed by atoms with Gasteiger partial charge in [0.05, 0.1) is 58.9 Å². The number of alkyl halides is 3. The average Bonchev–Trinajstić information content (AvgIpc) is 3.59. The summed E-state index contributed by atoms with van der Waals surface area (Å²) in [5, 5.41) is 0.436. The van der Waals surface area contributed by atoms with Gasteiger partial charge in [0.25, 0.3) is 12.0 Å². The second kappa shape index (κ2) is 16.7. The lowest BCUT2D eigenvalue weighted by molar-refractivity contribution is -0.164. The number of likely N-dealkylation sites (N-methyl/N-ethyl adjacent to an activating group) is 1. The zero-order valence-corrected chi connectivity index (χ0v) is 30.8. The molecule has 1 aromatic carbocycles. The van der Waals surface area contributed by atoms with Crippen molar-refractivity contribution in [2.24, 2.45) is 10.7 Å². The van der Waals surface area contributed by atoms with Gasteiger partial charge in [-0.25, -0.2) is 5.06 Å². The standard InChI is InChI=1S/C32H39Cl2F3N8O4.C2H2F2/c1-43(47-2)29(46)27(39)26(34)23-15-44(9-5-8-40-23)28-20-16-48-24(19-12-18(38)13-21(33)25(19)32(35,36)37)14-22(20)41-30(42-28)49-17-31-6-3-10-45(31)11-4-7-31;1-2(3)4/h12-13,24H,3-11,14-17,38-39H2,1-2H3;1H2/b27-26+;. The first-order valence-corrected chi connectivity index (χ1v) is 17.6. The Bertz CT molecular complexity index is 1760. The number of rotatable bonds is 8. The Balaban J connectivity index is 0.00000129. The number of hydroxylamine groups is 2. The first-order chi connectivity index (χ1) is 25.0. The van der Waals surface area contributed by atoms with E-state index < -0.39 is 34.9 Å². The van der Waals surface area contributed by atoms with Crippen LogP contribution < -0.4 is 21.1 Å². The Morgan fingerprint density at radius 1 is 1.17 bits per heavy atom. The Hall–Kier alpha value is -3.77. The molecule has 0 bridgehead atoms. The minimum atomic E-state index is -4.74. The molecule has 53 heavy (non-hydrogen) atoms. The fourth-order valence-corrected chi connectivity index (χ4v) is 7.77. The molecule has 4 aliphatic rings. The maximum Gasteiger partial charge on any atom is 0.418 e. The third-order valence-corrected chi connectivity index (χ3v) is 10.4. The van der Waals surface area contributed by atoms with Crippen LogP contribution in [0.2, 0.25) is 5.02 Å². The molecule has 0 saturated carbocycles. The van der Waals surface area contributed by atoms with Gasteiger partial charge in [-0.15, -0.1) is 0 Å². The lowest BCUT2D eigenvalue weighted by Crippen LogP contribution is -2.43. The molecule has 4 N–H and O–H groups in total. The minimum absolute atomic E-state index is 0.0123. The SMILES string of the molecule is C=C(F)F.CON(C)C(=O)/C(N)=C(\Cl)C1=NCCCN(c2nc(OCC34CCCN3CCC4)nc3c2COC(c2cc(N)cc(Cl)c2C(F)(F)F)C3)C1. The van der Waals surface area contributed by atoms with Gasteiger partial charge in [-0.3, -0.25) is 19.5 Å². The van der Waals surface area contributed by atoms with E-state index in [9.17, 15) is 26.7 Å². The van der Waals surface area contributed by atoms with E-state index >= 15 is 0 Å². The number of fused-ring (bicyclic) bond motifs is 2. The molecule has 1 amide bonds. The number of hydrogen-bond acceptors (Lipinski definition) is 11. The molecule has 2 saturated heterocycles. The number of aromatic nitrogens is 2. The Morgan fingerprint density at radius 2 is 1.85 bits per heavy atom. The van der Waals surface area contributed by atoms with E-state index in [1.807, 2.05) is 4.90 Å². The summed E-state index contributed by atoms with van der Waals surface area (Å²) in [5.74, 6) is -0.155. The van der Waals surface area contributed by atoms with Crippen molar-refractivity contribution in [2.45, 2.75) is 63.0 Å². The van der Waals surface area contributed by atoms with Crippen LogP contribution in [0.15, 0.2) is 40.5 Å². The van der Waals surface area contributed by atoms with Crippen molar-refractivity contribution in [3.05, 3.63) is 62.9 Å². The largest absolute Gasteiger partial charge is 0.461 e. The molecule has 4 aliphatic heterocycles. The lowest BCUT2D eigenvalue weighted by atomic mass is 9.94. The molecular weight excluding hydrogens is 750 g/mol. The number of anilines is 2. The third kappa shape index (κ3) is 9.13. The normalized spacial score (nSPS) is 20.3. The average molecular weight is 792 g/mol. The predicted molar refractivity (Wildman–Crippen MR) is 190 cm³/mol. The molecule has 1 atom stereocenters. The van der Waals surface area contributed by atoms with Gasteiger partial charge in [0.2, 0.25) is 0 Å². The van der Waals surface area contributed by atoms with E-state index in [1.165, 1.54) is 20.2 Å². The first-order valence-electron chi connectivity index (χ1n) is 16.9. The van der Waals surface area contributed by atoms with Gasteiger partial charge < -0.3 is 25.8 Å².